The first-order valence-electron chi connectivity index (χ1n) is 9.17. The Morgan fingerprint density at radius 1 is 1.24 bits per heavy atom. The molecule has 0 radical (unpaired) electrons. The van der Waals surface area contributed by atoms with E-state index in [-0.39, 0.29) is 12.5 Å². The maximum Gasteiger partial charge on any atom is 0.239 e. The molecule has 1 atom stereocenters. The second-order valence-corrected chi connectivity index (χ2v) is 7.88. The van der Waals surface area contributed by atoms with E-state index in [0.29, 0.717) is 29.0 Å². The molecule has 3 N–H and O–H groups in total. The molecule has 0 fully saturated rings. The van der Waals surface area contributed by atoms with Gasteiger partial charge in [0.2, 0.25) is 11.1 Å². The molecule has 0 spiro atoms. The Morgan fingerprint density at radius 2 is 1.97 bits per heavy atom. The van der Waals surface area contributed by atoms with Crippen molar-refractivity contribution in [3.05, 3.63) is 47.0 Å². The first kappa shape index (κ1) is 20.7. The van der Waals surface area contributed by atoms with Crippen LogP contribution in [0.5, 0.6) is 5.75 Å². The maximum absolute atomic E-state index is 12.5. The van der Waals surface area contributed by atoms with Gasteiger partial charge in [0, 0.05) is 6.07 Å². The lowest BCUT2D eigenvalue weighted by atomic mass is 10.1. The number of nitrogens with one attached hydrogen (secondary N) is 1. The van der Waals surface area contributed by atoms with Crippen LogP contribution < -0.4 is 15.9 Å². The predicted molar refractivity (Wildman–Crippen MR) is 110 cm³/mol. The van der Waals surface area contributed by atoms with Gasteiger partial charge in [0.1, 0.15) is 18.1 Å². The molecular formula is C19H24N6O3S. The highest BCUT2D eigenvalue weighted by Gasteiger charge is 2.23. The molecule has 3 rings (SSSR count). The van der Waals surface area contributed by atoms with Crippen LogP contribution in [0.15, 0.2) is 33.9 Å². The van der Waals surface area contributed by atoms with Gasteiger partial charge in [0.05, 0.1) is 5.25 Å². The summed E-state index contributed by atoms with van der Waals surface area (Å²) < 4.78 is 12.1. The van der Waals surface area contributed by atoms with Crippen molar-refractivity contribution in [2.75, 3.05) is 11.2 Å². The highest BCUT2D eigenvalue weighted by Crippen LogP contribution is 2.25. The fourth-order valence-electron chi connectivity index (χ4n) is 2.73. The number of nitrogens with zero attached hydrogens (tertiary/aromatic N) is 4. The van der Waals surface area contributed by atoms with Gasteiger partial charge in [-0.15, -0.1) is 10.2 Å². The van der Waals surface area contributed by atoms with Gasteiger partial charge in [0.15, 0.2) is 11.6 Å². The summed E-state index contributed by atoms with van der Waals surface area (Å²) in [5.74, 6) is 8.12. The second-order valence-electron chi connectivity index (χ2n) is 6.71. The number of amides is 1. The highest BCUT2D eigenvalue weighted by molar-refractivity contribution is 8.00. The maximum atomic E-state index is 12.5. The number of hydrogen-bond donors (Lipinski definition) is 2. The lowest BCUT2D eigenvalue weighted by Gasteiger charge is -2.13. The van der Waals surface area contributed by atoms with E-state index in [0.717, 1.165) is 16.9 Å². The van der Waals surface area contributed by atoms with Gasteiger partial charge in [-0.05, 0) is 50.5 Å². The molecule has 0 saturated heterocycles. The number of nitrogens with two attached hydrogens (primary N) is 1. The monoisotopic (exact) mass is 416 g/mol. The van der Waals surface area contributed by atoms with Gasteiger partial charge in [-0.25, -0.2) is 4.68 Å². The first-order chi connectivity index (χ1) is 13.9. The molecule has 0 aliphatic rings. The number of carbonyl (C=O) groups excluding carboxylic acids is 1. The fourth-order valence-corrected chi connectivity index (χ4v) is 3.63. The summed E-state index contributed by atoms with van der Waals surface area (Å²) in [5.41, 5.74) is 2.23. The zero-order valence-corrected chi connectivity index (χ0v) is 17.6. The van der Waals surface area contributed by atoms with Gasteiger partial charge < -0.3 is 20.4 Å². The number of benzene rings is 1. The average Bonchev–Trinajstić information content (AvgIpc) is 3.22. The number of rotatable bonds is 8. The van der Waals surface area contributed by atoms with Crippen molar-refractivity contribution in [1.82, 2.24) is 20.0 Å². The third-order valence-corrected chi connectivity index (χ3v) is 5.41. The summed E-state index contributed by atoms with van der Waals surface area (Å²) in [4.78, 5) is 12.5. The minimum Gasteiger partial charge on any atom is -0.486 e. The van der Waals surface area contributed by atoms with Crippen molar-refractivity contribution >= 4 is 23.5 Å². The molecule has 2 heterocycles. The minimum absolute atomic E-state index is 0.175. The van der Waals surface area contributed by atoms with Crippen molar-refractivity contribution in [2.45, 2.75) is 51.1 Å². The molecule has 29 heavy (non-hydrogen) atoms. The third kappa shape index (κ3) is 5.29. The van der Waals surface area contributed by atoms with Crippen molar-refractivity contribution in [3.8, 4) is 5.75 Å². The van der Waals surface area contributed by atoms with E-state index in [4.69, 9.17) is 15.1 Å². The fraction of sp³-hybridized carbons (Fsp3) is 0.368. The molecule has 3 aromatic rings. The number of carbonyl (C=O) groups is 1. The molecule has 154 valence electrons. The number of aryl methyl sites for hydroxylation is 3. The van der Waals surface area contributed by atoms with Crippen LogP contribution >= 0.6 is 11.8 Å². The Hall–Kier alpha value is -3.01. The van der Waals surface area contributed by atoms with Crippen LogP contribution in [0.4, 0.5) is 5.82 Å². The Labute approximate surface area is 173 Å². The van der Waals surface area contributed by atoms with E-state index in [9.17, 15) is 4.79 Å². The zero-order chi connectivity index (χ0) is 21.0. The molecule has 1 aromatic carbocycles. The number of hydrogen-bond acceptors (Lipinski definition) is 8. The Kier molecular flexibility index (Phi) is 6.42. The number of anilines is 1. The van der Waals surface area contributed by atoms with Gasteiger partial charge >= 0.3 is 0 Å². The molecule has 10 heteroatoms. The molecule has 9 nitrogen and oxygen atoms in total. The van der Waals surface area contributed by atoms with Crippen LogP contribution in [0, 0.1) is 20.8 Å². The molecule has 2 aromatic heterocycles. The first-order valence-corrected chi connectivity index (χ1v) is 10.0. The molecule has 0 aliphatic carbocycles. The summed E-state index contributed by atoms with van der Waals surface area (Å²) in [5, 5.41) is 14.7. The van der Waals surface area contributed by atoms with E-state index >= 15 is 0 Å². The Balaban J connectivity index is 1.63. The van der Waals surface area contributed by atoms with Crippen LogP contribution in [0.2, 0.25) is 0 Å². The molecule has 0 saturated carbocycles. The Bertz CT molecular complexity index is 979. The summed E-state index contributed by atoms with van der Waals surface area (Å²) in [6, 6.07) is 7.62. The van der Waals surface area contributed by atoms with Crippen LogP contribution in [0.1, 0.15) is 36.1 Å². The molecular weight excluding hydrogens is 392 g/mol. The van der Waals surface area contributed by atoms with E-state index < -0.39 is 5.25 Å². The largest absolute Gasteiger partial charge is 0.486 e. The molecule has 0 unspecified atom stereocenters. The van der Waals surface area contributed by atoms with Gasteiger partial charge in [-0.1, -0.05) is 29.9 Å². The highest BCUT2D eigenvalue weighted by atomic mass is 32.2. The van der Waals surface area contributed by atoms with Crippen molar-refractivity contribution in [3.63, 3.8) is 0 Å². The smallest absolute Gasteiger partial charge is 0.239 e. The quantitative estimate of drug-likeness (QED) is 0.425. The lowest BCUT2D eigenvalue weighted by molar-refractivity contribution is -0.115. The van der Waals surface area contributed by atoms with E-state index in [1.54, 1.807) is 13.0 Å². The minimum atomic E-state index is -0.410. The second kappa shape index (κ2) is 8.99. The van der Waals surface area contributed by atoms with Crippen LogP contribution in [-0.4, -0.2) is 31.2 Å². The van der Waals surface area contributed by atoms with Crippen molar-refractivity contribution in [1.29, 1.82) is 0 Å². The predicted octanol–water partition coefficient (Wildman–Crippen LogP) is 2.99. The van der Waals surface area contributed by atoms with Crippen molar-refractivity contribution < 1.29 is 14.1 Å². The van der Waals surface area contributed by atoms with Gasteiger partial charge in [0.25, 0.3) is 0 Å². The summed E-state index contributed by atoms with van der Waals surface area (Å²) in [7, 11) is 0. The summed E-state index contributed by atoms with van der Waals surface area (Å²) >= 11 is 1.24. The topological polar surface area (TPSA) is 121 Å². The molecule has 1 amide bonds. The molecule has 0 aliphatic heterocycles. The third-order valence-electron chi connectivity index (χ3n) is 4.09. The van der Waals surface area contributed by atoms with Crippen LogP contribution in [0.25, 0.3) is 0 Å². The standard InChI is InChI=1S/C19H24N6O3S/c1-5-15(18(26)21-16-9-13(4)28-24-16)29-19-23-22-17(25(19)20)10-27-14-7-11(2)6-12(3)8-14/h6-9,15H,5,10,20H2,1-4H3,(H,21,24,26)/t15-/m0/s1. The van der Waals surface area contributed by atoms with Crippen LogP contribution in [0.3, 0.4) is 0 Å². The Morgan fingerprint density at radius 3 is 2.59 bits per heavy atom. The van der Waals surface area contributed by atoms with E-state index in [2.05, 4.69) is 26.7 Å². The number of aromatic nitrogens is 4. The zero-order valence-electron chi connectivity index (χ0n) is 16.8. The SMILES string of the molecule is CC[C@H](Sc1nnc(COc2cc(C)cc(C)c2)n1N)C(=O)Nc1cc(C)on1. The number of ether oxygens (including phenoxy) is 1. The molecule has 0 bridgehead atoms. The summed E-state index contributed by atoms with van der Waals surface area (Å²) in [6.45, 7) is 7.86. The van der Waals surface area contributed by atoms with Gasteiger partial charge in [-0.3, -0.25) is 4.79 Å². The number of nitrogen functional groups attached to an aromatic ring is 1. The summed E-state index contributed by atoms with van der Waals surface area (Å²) in [6.07, 6.45) is 0.578. The van der Waals surface area contributed by atoms with Crippen LogP contribution in [-0.2, 0) is 11.4 Å². The normalized spacial score (nSPS) is 12.0. The van der Waals surface area contributed by atoms with Gasteiger partial charge in [-0.2, -0.15) is 0 Å². The average molecular weight is 417 g/mol. The number of thioether (sulfide) groups is 1. The van der Waals surface area contributed by atoms with E-state index in [1.165, 1.54) is 16.4 Å². The van der Waals surface area contributed by atoms with Crippen molar-refractivity contribution in [2.24, 2.45) is 0 Å². The van der Waals surface area contributed by atoms with E-state index in [1.807, 2.05) is 32.9 Å². The lowest BCUT2D eigenvalue weighted by Crippen LogP contribution is -2.26.